The Bertz CT molecular complexity index is 1540. The predicted octanol–water partition coefficient (Wildman–Crippen LogP) is 5.30. The number of hydrogen-bond donors (Lipinski definition) is 1. The molecule has 0 aromatic heterocycles. The van der Waals surface area contributed by atoms with Gasteiger partial charge in [-0.15, -0.1) is 0 Å². The second-order valence-electron chi connectivity index (χ2n) is 9.77. The maximum Gasteiger partial charge on any atom is 0.343 e. The summed E-state index contributed by atoms with van der Waals surface area (Å²) in [4.78, 5) is 33.3. The third kappa shape index (κ3) is 4.35. The van der Waals surface area contributed by atoms with Crippen LogP contribution in [0.4, 0.5) is 11.4 Å². The fourth-order valence-electron chi connectivity index (χ4n) is 5.06. The van der Waals surface area contributed by atoms with E-state index in [-0.39, 0.29) is 28.7 Å². The SMILES string of the molecule is COc1cc(C(=O)Oc2cc3c4c(c2)C(=Nc2ccc(O)cc2)C(=O)N4C(C)(C)C=C3C)cc(OC)c1OC. The standard InChI is InChI=1S/C30H28N2O7/c1-16-15-30(2,3)32-26-21(16)13-20(14-22(26)25(28(32)34)31-18-7-9-19(33)10-8-18)39-29(35)17-11-23(36-4)27(38-6)24(12-17)37-5/h7-15,33H,1-6H3. The molecule has 3 aromatic carbocycles. The van der Waals surface area contributed by atoms with Crippen LogP contribution in [0.5, 0.6) is 28.7 Å². The highest BCUT2D eigenvalue weighted by Gasteiger charge is 2.46. The molecule has 9 nitrogen and oxygen atoms in total. The van der Waals surface area contributed by atoms with E-state index >= 15 is 0 Å². The summed E-state index contributed by atoms with van der Waals surface area (Å²) >= 11 is 0. The molecule has 0 fully saturated rings. The molecule has 2 heterocycles. The fraction of sp³-hybridized carbons (Fsp3) is 0.233. The maximum absolute atomic E-state index is 13.7. The van der Waals surface area contributed by atoms with Crippen molar-refractivity contribution in [2.75, 3.05) is 26.2 Å². The van der Waals surface area contributed by atoms with E-state index in [9.17, 15) is 14.7 Å². The van der Waals surface area contributed by atoms with E-state index < -0.39 is 11.5 Å². The second-order valence-corrected chi connectivity index (χ2v) is 9.77. The number of aliphatic imine (C=N–C) groups is 1. The molecule has 0 radical (unpaired) electrons. The highest BCUT2D eigenvalue weighted by molar-refractivity contribution is 6.55. The molecule has 0 saturated carbocycles. The Hall–Kier alpha value is -4.79. The Kier molecular flexibility index (Phi) is 6.30. The van der Waals surface area contributed by atoms with Crippen LogP contribution in [0, 0.1) is 0 Å². The number of carbonyl (C=O) groups is 2. The zero-order chi connectivity index (χ0) is 28.1. The lowest BCUT2D eigenvalue weighted by Crippen LogP contribution is -2.47. The van der Waals surface area contributed by atoms with Crippen LogP contribution < -0.4 is 23.8 Å². The molecule has 2 aliphatic rings. The van der Waals surface area contributed by atoms with E-state index in [0.717, 1.165) is 16.8 Å². The largest absolute Gasteiger partial charge is 0.508 e. The Balaban J connectivity index is 1.61. The number of ether oxygens (including phenoxy) is 4. The number of methoxy groups -OCH3 is 3. The third-order valence-electron chi connectivity index (χ3n) is 6.74. The summed E-state index contributed by atoms with van der Waals surface area (Å²) < 4.78 is 21.9. The number of allylic oxidation sites excluding steroid dienone is 1. The molecule has 39 heavy (non-hydrogen) atoms. The highest BCUT2D eigenvalue weighted by atomic mass is 16.5. The molecule has 3 aromatic rings. The molecule has 0 spiro atoms. The van der Waals surface area contributed by atoms with Crippen molar-refractivity contribution in [2.24, 2.45) is 4.99 Å². The first-order chi connectivity index (χ1) is 18.6. The fourth-order valence-corrected chi connectivity index (χ4v) is 5.06. The minimum atomic E-state index is -0.641. The lowest BCUT2D eigenvalue weighted by atomic mass is 9.89. The summed E-state index contributed by atoms with van der Waals surface area (Å²) in [7, 11) is 4.41. The maximum atomic E-state index is 13.7. The van der Waals surface area contributed by atoms with Crippen LogP contribution in [0.1, 0.15) is 42.3 Å². The van der Waals surface area contributed by atoms with Gasteiger partial charge in [0.25, 0.3) is 5.91 Å². The van der Waals surface area contributed by atoms with Gasteiger partial charge in [0, 0.05) is 11.1 Å². The van der Waals surface area contributed by atoms with Gasteiger partial charge < -0.3 is 24.1 Å². The van der Waals surface area contributed by atoms with Gasteiger partial charge in [0.1, 0.15) is 17.2 Å². The van der Waals surface area contributed by atoms with Crippen LogP contribution >= 0.6 is 0 Å². The Labute approximate surface area is 225 Å². The Morgan fingerprint density at radius 2 is 1.54 bits per heavy atom. The van der Waals surface area contributed by atoms with E-state index in [1.807, 2.05) is 26.8 Å². The minimum absolute atomic E-state index is 0.0980. The normalized spacial score (nSPS) is 16.1. The first-order valence-corrected chi connectivity index (χ1v) is 12.2. The van der Waals surface area contributed by atoms with Gasteiger partial charge >= 0.3 is 5.97 Å². The van der Waals surface area contributed by atoms with Gasteiger partial charge in [0.2, 0.25) is 5.75 Å². The topological polar surface area (TPSA) is 107 Å². The molecule has 0 aliphatic carbocycles. The summed E-state index contributed by atoms with van der Waals surface area (Å²) in [6, 6.07) is 12.7. The van der Waals surface area contributed by atoms with Crippen LogP contribution in [-0.2, 0) is 4.79 Å². The van der Waals surface area contributed by atoms with Gasteiger partial charge in [-0.2, -0.15) is 0 Å². The lowest BCUT2D eigenvalue weighted by Gasteiger charge is -2.38. The molecule has 0 bridgehead atoms. The molecule has 0 atom stereocenters. The van der Waals surface area contributed by atoms with Crippen molar-refractivity contribution in [3.05, 3.63) is 71.3 Å². The summed E-state index contributed by atoms with van der Waals surface area (Å²) in [5.41, 5.74) is 3.31. The van der Waals surface area contributed by atoms with Crippen molar-refractivity contribution < 1.29 is 33.6 Å². The quantitative estimate of drug-likeness (QED) is 0.342. The van der Waals surface area contributed by atoms with Crippen molar-refractivity contribution >= 4 is 34.5 Å². The predicted molar refractivity (Wildman–Crippen MR) is 147 cm³/mol. The van der Waals surface area contributed by atoms with Gasteiger partial charge in [-0.05, 0) is 74.9 Å². The van der Waals surface area contributed by atoms with Crippen molar-refractivity contribution in [3.63, 3.8) is 0 Å². The molecular formula is C30H28N2O7. The van der Waals surface area contributed by atoms with Crippen LogP contribution in [0.25, 0.3) is 5.57 Å². The van der Waals surface area contributed by atoms with Crippen LogP contribution in [0.15, 0.2) is 59.6 Å². The van der Waals surface area contributed by atoms with Gasteiger partial charge in [-0.1, -0.05) is 6.08 Å². The minimum Gasteiger partial charge on any atom is -0.508 e. The molecule has 1 N–H and O–H groups in total. The number of nitrogens with zero attached hydrogens (tertiary/aromatic N) is 2. The zero-order valence-corrected chi connectivity index (χ0v) is 22.5. The van der Waals surface area contributed by atoms with E-state index in [0.29, 0.717) is 28.5 Å². The number of benzene rings is 3. The van der Waals surface area contributed by atoms with Crippen molar-refractivity contribution in [1.82, 2.24) is 0 Å². The average Bonchev–Trinajstić information content (AvgIpc) is 3.19. The third-order valence-corrected chi connectivity index (χ3v) is 6.74. The monoisotopic (exact) mass is 528 g/mol. The molecule has 1 amide bonds. The number of phenolic OH excluding ortho intramolecular Hbond substituents is 1. The molecule has 2 aliphatic heterocycles. The molecule has 9 heteroatoms. The highest BCUT2D eigenvalue weighted by Crippen LogP contribution is 2.47. The summed E-state index contributed by atoms with van der Waals surface area (Å²) in [6.07, 6.45) is 2.01. The van der Waals surface area contributed by atoms with Gasteiger partial charge in [0.05, 0.1) is 43.8 Å². The number of hydrogen-bond acceptors (Lipinski definition) is 8. The lowest BCUT2D eigenvalue weighted by molar-refractivity contribution is -0.112. The van der Waals surface area contributed by atoms with E-state index in [4.69, 9.17) is 18.9 Å². The molecule has 5 rings (SSSR count). The number of aromatic hydroxyl groups is 1. The van der Waals surface area contributed by atoms with E-state index in [1.54, 1.807) is 29.2 Å². The molecule has 200 valence electrons. The molecular weight excluding hydrogens is 500 g/mol. The van der Waals surface area contributed by atoms with Gasteiger partial charge in [0.15, 0.2) is 11.5 Å². The summed E-state index contributed by atoms with van der Waals surface area (Å²) in [5, 5.41) is 9.66. The molecule has 0 saturated heterocycles. The average molecular weight is 529 g/mol. The Morgan fingerprint density at radius 3 is 2.13 bits per heavy atom. The number of anilines is 1. The van der Waals surface area contributed by atoms with Crippen molar-refractivity contribution in [2.45, 2.75) is 26.3 Å². The number of amides is 1. The van der Waals surface area contributed by atoms with Crippen LogP contribution in [0.3, 0.4) is 0 Å². The first-order valence-electron chi connectivity index (χ1n) is 12.2. The Morgan fingerprint density at radius 1 is 0.923 bits per heavy atom. The van der Waals surface area contributed by atoms with Crippen LogP contribution in [-0.4, -0.2) is 49.6 Å². The smallest absolute Gasteiger partial charge is 0.343 e. The van der Waals surface area contributed by atoms with E-state index in [1.165, 1.54) is 45.6 Å². The zero-order valence-electron chi connectivity index (χ0n) is 22.5. The van der Waals surface area contributed by atoms with Gasteiger partial charge in [-0.25, -0.2) is 9.79 Å². The number of phenols is 1. The second kappa shape index (κ2) is 9.50. The number of rotatable bonds is 6. The van der Waals surface area contributed by atoms with Crippen molar-refractivity contribution in [1.29, 1.82) is 0 Å². The number of esters is 1. The summed E-state index contributed by atoms with van der Waals surface area (Å²) in [6.45, 7) is 5.88. The van der Waals surface area contributed by atoms with Crippen molar-refractivity contribution in [3.8, 4) is 28.7 Å². The number of carbonyl (C=O) groups excluding carboxylic acids is 2. The van der Waals surface area contributed by atoms with Gasteiger partial charge in [-0.3, -0.25) is 9.69 Å². The first kappa shape index (κ1) is 25.8. The van der Waals surface area contributed by atoms with E-state index in [2.05, 4.69) is 4.99 Å². The summed E-state index contributed by atoms with van der Waals surface area (Å²) in [5.74, 6) is 0.440. The van der Waals surface area contributed by atoms with Crippen LogP contribution in [0.2, 0.25) is 0 Å². The molecule has 0 unspecified atom stereocenters.